The van der Waals surface area contributed by atoms with Crippen molar-refractivity contribution in [2.45, 2.75) is 63.3 Å². The lowest BCUT2D eigenvalue weighted by molar-refractivity contribution is -0.122. The fourth-order valence-corrected chi connectivity index (χ4v) is 7.08. The van der Waals surface area contributed by atoms with Crippen LogP contribution in [-0.4, -0.2) is 74.4 Å². The predicted molar refractivity (Wildman–Crippen MR) is 165 cm³/mol. The third kappa shape index (κ3) is 7.81. The van der Waals surface area contributed by atoms with E-state index >= 15 is 0 Å². The van der Waals surface area contributed by atoms with Crippen LogP contribution in [0, 0.1) is 23.5 Å². The highest BCUT2D eigenvalue weighted by molar-refractivity contribution is 5.76. The highest BCUT2D eigenvalue weighted by atomic mass is 19.1. The maximum Gasteiger partial charge on any atom is 0.220 e. The van der Waals surface area contributed by atoms with Crippen molar-refractivity contribution in [2.75, 3.05) is 51.3 Å². The number of ether oxygens (including phenoxy) is 1. The average molecular weight is 597 g/mol. The molecule has 2 unspecified atom stereocenters. The van der Waals surface area contributed by atoms with Crippen molar-refractivity contribution in [1.29, 1.82) is 0 Å². The summed E-state index contributed by atoms with van der Waals surface area (Å²) in [6.07, 6.45) is 3.42. The van der Waals surface area contributed by atoms with E-state index in [-0.39, 0.29) is 31.0 Å². The highest BCUT2D eigenvalue weighted by Crippen LogP contribution is 2.44. The molecule has 0 radical (unpaired) electrons. The molecule has 1 amide bonds. The summed E-state index contributed by atoms with van der Waals surface area (Å²) in [6.45, 7) is 10.8. The topological polar surface area (TPSA) is 77.1 Å². The van der Waals surface area contributed by atoms with Crippen molar-refractivity contribution in [3.05, 3.63) is 77.4 Å². The molecule has 7 nitrogen and oxygen atoms in total. The molecular formula is C34H46F2N4O3. The molecule has 2 heterocycles. The van der Waals surface area contributed by atoms with Crippen molar-refractivity contribution < 1.29 is 23.4 Å². The van der Waals surface area contributed by atoms with Gasteiger partial charge in [-0.25, -0.2) is 8.78 Å². The lowest BCUT2D eigenvalue weighted by atomic mass is 9.99. The van der Waals surface area contributed by atoms with Gasteiger partial charge in [0.15, 0.2) is 0 Å². The van der Waals surface area contributed by atoms with Gasteiger partial charge in [0, 0.05) is 56.9 Å². The summed E-state index contributed by atoms with van der Waals surface area (Å²) in [5, 5.41) is 17.8. The van der Waals surface area contributed by atoms with E-state index in [4.69, 9.17) is 4.74 Å². The largest absolute Gasteiger partial charge is 0.390 e. The van der Waals surface area contributed by atoms with Gasteiger partial charge in [-0.1, -0.05) is 25.5 Å². The number of aliphatic hydroxyl groups excluding tert-OH is 1. The zero-order chi connectivity index (χ0) is 30.5. The number of likely N-dealkylation sites (tertiary alicyclic amines) is 1. The summed E-state index contributed by atoms with van der Waals surface area (Å²) in [5.74, 6) is -0.158. The van der Waals surface area contributed by atoms with Crippen molar-refractivity contribution in [3.8, 4) is 0 Å². The van der Waals surface area contributed by atoms with Crippen LogP contribution in [0.1, 0.15) is 61.4 Å². The monoisotopic (exact) mass is 596 g/mol. The maximum absolute atomic E-state index is 13.9. The van der Waals surface area contributed by atoms with Crippen LogP contribution in [0.2, 0.25) is 0 Å². The Hall–Kier alpha value is -2.85. The Kier molecular flexibility index (Phi) is 10.5. The lowest BCUT2D eigenvalue weighted by Gasteiger charge is -2.27. The number of halogens is 2. The van der Waals surface area contributed by atoms with E-state index in [1.54, 1.807) is 6.08 Å². The van der Waals surface area contributed by atoms with E-state index in [2.05, 4.69) is 52.3 Å². The van der Waals surface area contributed by atoms with Gasteiger partial charge in [-0.15, -0.1) is 6.58 Å². The first-order valence-corrected chi connectivity index (χ1v) is 15.7. The van der Waals surface area contributed by atoms with Gasteiger partial charge >= 0.3 is 0 Å². The molecule has 9 heteroatoms. The average Bonchev–Trinajstić information content (AvgIpc) is 3.63. The molecule has 0 spiro atoms. The van der Waals surface area contributed by atoms with Crippen molar-refractivity contribution >= 4 is 11.6 Å². The second-order valence-electron chi connectivity index (χ2n) is 12.6. The minimum Gasteiger partial charge on any atom is -0.390 e. The molecule has 2 aromatic carbocycles. The van der Waals surface area contributed by atoms with Crippen molar-refractivity contribution in [2.24, 2.45) is 11.8 Å². The molecule has 0 saturated carbocycles. The first-order valence-electron chi connectivity index (χ1n) is 15.7. The molecule has 2 aromatic rings. The Morgan fingerprint density at radius 1 is 1.12 bits per heavy atom. The zero-order valence-corrected chi connectivity index (χ0v) is 25.4. The predicted octanol–water partition coefficient (Wildman–Crippen LogP) is 4.52. The smallest absolute Gasteiger partial charge is 0.220 e. The normalized spacial score (nSPS) is 24.5. The number of carbonyl (C=O) groups excluding carboxylic acids is 1. The van der Waals surface area contributed by atoms with Gasteiger partial charge in [0.2, 0.25) is 5.91 Å². The summed E-state index contributed by atoms with van der Waals surface area (Å²) < 4.78 is 34.0. The number of amides is 1. The summed E-state index contributed by atoms with van der Waals surface area (Å²) in [7, 11) is 2.20. The van der Waals surface area contributed by atoms with Crippen molar-refractivity contribution in [1.82, 2.24) is 15.5 Å². The quantitative estimate of drug-likeness (QED) is 0.279. The zero-order valence-electron chi connectivity index (χ0n) is 25.4. The minimum atomic E-state index is -0.980. The van der Waals surface area contributed by atoms with E-state index in [9.17, 15) is 18.7 Å². The Labute approximate surface area is 254 Å². The molecule has 234 valence electrons. The van der Waals surface area contributed by atoms with Gasteiger partial charge in [-0.2, -0.15) is 0 Å². The number of fused-ring (bicyclic) bond motifs is 2. The molecule has 2 aliphatic heterocycles. The minimum absolute atomic E-state index is 0.0595. The molecule has 5 rings (SSSR count). The number of benzene rings is 2. The van der Waals surface area contributed by atoms with Gasteiger partial charge in [0.1, 0.15) is 11.6 Å². The van der Waals surface area contributed by atoms with E-state index in [1.807, 2.05) is 6.92 Å². The van der Waals surface area contributed by atoms with Crippen molar-refractivity contribution in [3.63, 3.8) is 0 Å². The Morgan fingerprint density at radius 3 is 2.51 bits per heavy atom. The van der Waals surface area contributed by atoms with Crippen LogP contribution in [0.4, 0.5) is 14.5 Å². The number of nitrogens with zero attached hydrogens (tertiary/aromatic N) is 2. The molecule has 3 aliphatic rings. The Morgan fingerprint density at radius 2 is 1.84 bits per heavy atom. The third-order valence-electron chi connectivity index (χ3n) is 9.21. The number of anilines is 1. The maximum atomic E-state index is 13.9. The number of hydrogen-bond acceptors (Lipinski definition) is 6. The van der Waals surface area contributed by atoms with Crippen LogP contribution in [0.3, 0.4) is 0 Å². The molecule has 2 fully saturated rings. The Bertz CT molecular complexity index is 1240. The van der Waals surface area contributed by atoms with Gasteiger partial charge in [0.25, 0.3) is 0 Å². The second-order valence-corrected chi connectivity index (χ2v) is 12.6. The van der Waals surface area contributed by atoms with Crippen LogP contribution in [0.15, 0.2) is 49.1 Å². The SMILES string of the molecule is C=CCO[C@@H]1C[C@H](NC[C@@H](O)[C@H](Cc2cc(F)cc(F)c2)NC(=O)CCCC)c2cc(N3CC4CN(C)CC4C3)ccc21. The van der Waals surface area contributed by atoms with E-state index in [0.717, 1.165) is 56.2 Å². The summed E-state index contributed by atoms with van der Waals surface area (Å²) in [4.78, 5) is 17.6. The fourth-order valence-electron chi connectivity index (χ4n) is 7.08. The number of aliphatic hydroxyl groups is 1. The van der Waals surface area contributed by atoms with E-state index in [0.29, 0.717) is 36.8 Å². The van der Waals surface area contributed by atoms with Gasteiger partial charge in [-0.05, 0) is 79.1 Å². The molecular weight excluding hydrogens is 550 g/mol. The summed E-state index contributed by atoms with van der Waals surface area (Å²) >= 11 is 0. The first-order chi connectivity index (χ1) is 20.7. The fraction of sp³-hybridized carbons (Fsp3) is 0.559. The highest BCUT2D eigenvalue weighted by Gasteiger charge is 2.39. The molecule has 6 atom stereocenters. The number of hydrogen-bond donors (Lipinski definition) is 3. The van der Waals surface area contributed by atoms with Gasteiger partial charge < -0.3 is 30.3 Å². The standard InChI is InChI=1S/C34H46F2N4O3/c1-4-6-7-34(42)38-31(13-22-11-25(35)14-26(36)12-22)32(41)17-37-30-16-33(43-10-5-2)28-9-8-27(15-29(28)30)40-20-23-18-39(3)19-24(23)21-40/h5,8-9,11-12,14-15,23-24,30-33,37,41H,2,4,6-7,10,13,16-21H2,1,3H3,(H,38,42)/t23?,24?,30-,31-,32+,33+/m0/s1. The first kappa shape index (κ1) is 31.6. The number of carbonyl (C=O) groups is 1. The van der Waals surface area contributed by atoms with Crippen LogP contribution in [0.5, 0.6) is 0 Å². The van der Waals surface area contributed by atoms with Crippen LogP contribution in [0.25, 0.3) is 0 Å². The molecule has 0 bridgehead atoms. The van der Waals surface area contributed by atoms with Crippen LogP contribution >= 0.6 is 0 Å². The van der Waals surface area contributed by atoms with Gasteiger partial charge in [0.05, 0.1) is 24.9 Å². The number of unbranched alkanes of at least 4 members (excludes halogenated alkanes) is 1. The molecule has 3 N–H and O–H groups in total. The lowest BCUT2D eigenvalue weighted by Crippen LogP contribution is -2.49. The van der Waals surface area contributed by atoms with E-state index in [1.165, 1.54) is 17.8 Å². The Balaban J connectivity index is 1.30. The molecule has 0 aromatic heterocycles. The van der Waals surface area contributed by atoms with Crippen LogP contribution in [-0.2, 0) is 16.0 Å². The molecule has 43 heavy (non-hydrogen) atoms. The number of nitrogens with one attached hydrogen (secondary N) is 2. The van der Waals surface area contributed by atoms with E-state index < -0.39 is 23.8 Å². The third-order valence-corrected chi connectivity index (χ3v) is 9.21. The summed E-state index contributed by atoms with van der Waals surface area (Å²) in [6, 6.07) is 9.18. The van der Waals surface area contributed by atoms with Crippen LogP contribution < -0.4 is 15.5 Å². The molecule has 1 aliphatic carbocycles. The molecule has 2 saturated heterocycles. The number of rotatable bonds is 14. The van der Waals surface area contributed by atoms with Gasteiger partial charge in [-0.3, -0.25) is 4.79 Å². The summed E-state index contributed by atoms with van der Waals surface area (Å²) in [5.41, 5.74) is 3.88. The second kappa shape index (κ2) is 14.3.